The number of Topliss-reactive ketones (excluding diaryl/α,β-unsaturated/α-hetero) is 1. The lowest BCUT2D eigenvalue weighted by Gasteiger charge is -2.06. The maximum atomic E-state index is 11.7. The van der Waals surface area contributed by atoms with Gasteiger partial charge in [0, 0.05) is 10.9 Å². The molecule has 0 aliphatic carbocycles. The van der Waals surface area contributed by atoms with Crippen LogP contribution in [0.2, 0.25) is 0 Å². The van der Waals surface area contributed by atoms with Crippen LogP contribution in [0.1, 0.15) is 28.5 Å². The van der Waals surface area contributed by atoms with E-state index in [2.05, 4.69) is 4.98 Å². The van der Waals surface area contributed by atoms with Gasteiger partial charge >= 0.3 is 0 Å². The van der Waals surface area contributed by atoms with Crippen molar-refractivity contribution in [2.45, 2.75) is 6.92 Å². The van der Waals surface area contributed by atoms with Gasteiger partial charge in [-0.1, -0.05) is 6.08 Å². The van der Waals surface area contributed by atoms with Gasteiger partial charge in [0.2, 0.25) is 0 Å². The van der Waals surface area contributed by atoms with Crippen LogP contribution >= 0.6 is 0 Å². The number of benzene rings is 2. The number of hydrogen-bond acceptors (Lipinski definition) is 6. The minimum absolute atomic E-state index is 0.0322. The molecule has 6 nitrogen and oxygen atoms in total. The number of hydrogen-bond donors (Lipinski definition) is 4. The first kappa shape index (κ1) is 16.3. The van der Waals surface area contributed by atoms with Gasteiger partial charge in [-0.05, 0) is 55.0 Å². The monoisotopic (exact) mass is 337 g/mol. The second-order valence-corrected chi connectivity index (χ2v) is 5.56. The average molecular weight is 337 g/mol. The fourth-order valence-electron chi connectivity index (χ4n) is 2.52. The van der Waals surface area contributed by atoms with Crippen molar-refractivity contribution >= 4 is 28.8 Å². The van der Waals surface area contributed by atoms with Gasteiger partial charge in [0.1, 0.15) is 11.3 Å². The van der Waals surface area contributed by atoms with Crippen LogP contribution in [0.4, 0.5) is 0 Å². The minimum atomic E-state index is -0.581. The third-order valence-corrected chi connectivity index (χ3v) is 3.78. The molecule has 0 aliphatic heterocycles. The van der Waals surface area contributed by atoms with E-state index in [9.17, 15) is 25.2 Å². The van der Waals surface area contributed by atoms with Gasteiger partial charge < -0.3 is 20.4 Å². The topological polar surface area (TPSA) is 111 Å². The lowest BCUT2D eigenvalue weighted by atomic mass is 10.0. The molecule has 25 heavy (non-hydrogen) atoms. The van der Waals surface area contributed by atoms with E-state index in [0.29, 0.717) is 27.7 Å². The summed E-state index contributed by atoms with van der Waals surface area (Å²) < 4.78 is 0. The summed E-state index contributed by atoms with van der Waals surface area (Å²) in [4.78, 5) is 16.0. The Bertz CT molecular complexity index is 1000. The first-order valence-corrected chi connectivity index (χ1v) is 7.43. The third-order valence-electron chi connectivity index (χ3n) is 3.78. The fraction of sp³-hybridized carbons (Fsp3) is 0.0526. The van der Waals surface area contributed by atoms with Crippen molar-refractivity contribution in [3.05, 3.63) is 53.2 Å². The van der Waals surface area contributed by atoms with Crippen molar-refractivity contribution in [2.75, 3.05) is 0 Å². The summed E-state index contributed by atoms with van der Waals surface area (Å²) in [7, 11) is 0. The molecule has 0 fully saturated rings. The molecule has 0 saturated carbocycles. The Balaban J connectivity index is 2.03. The van der Waals surface area contributed by atoms with Crippen LogP contribution in [-0.4, -0.2) is 31.2 Å². The van der Waals surface area contributed by atoms with Crippen molar-refractivity contribution in [3.63, 3.8) is 0 Å². The van der Waals surface area contributed by atoms with Gasteiger partial charge in [-0.2, -0.15) is 0 Å². The molecule has 3 rings (SSSR count). The highest BCUT2D eigenvalue weighted by molar-refractivity contribution is 6.07. The number of rotatable bonds is 3. The summed E-state index contributed by atoms with van der Waals surface area (Å²) >= 11 is 0. The molecule has 2 aromatic carbocycles. The van der Waals surface area contributed by atoms with E-state index in [1.807, 2.05) is 0 Å². The number of fused-ring (bicyclic) bond motifs is 1. The summed E-state index contributed by atoms with van der Waals surface area (Å²) in [5, 5.41) is 38.9. The lowest BCUT2D eigenvalue weighted by molar-refractivity contribution is 0.101. The molecule has 0 aliphatic rings. The quantitative estimate of drug-likeness (QED) is 0.430. The van der Waals surface area contributed by atoms with Gasteiger partial charge in [-0.15, -0.1) is 0 Å². The molecule has 0 bridgehead atoms. The lowest BCUT2D eigenvalue weighted by Crippen LogP contribution is -1.95. The van der Waals surface area contributed by atoms with Crippen molar-refractivity contribution < 1.29 is 25.2 Å². The molecule has 4 N–H and O–H groups in total. The van der Waals surface area contributed by atoms with Crippen LogP contribution in [0, 0.1) is 0 Å². The van der Waals surface area contributed by atoms with E-state index in [1.54, 1.807) is 30.4 Å². The van der Waals surface area contributed by atoms with Crippen LogP contribution in [0.15, 0.2) is 36.4 Å². The number of ketones is 1. The number of aromatic nitrogens is 1. The number of carbonyl (C=O) groups excluding carboxylic acids is 1. The summed E-state index contributed by atoms with van der Waals surface area (Å²) in [6, 6.07) is 8.94. The van der Waals surface area contributed by atoms with E-state index in [-0.39, 0.29) is 11.5 Å². The minimum Gasteiger partial charge on any atom is -0.506 e. The van der Waals surface area contributed by atoms with E-state index in [0.717, 1.165) is 0 Å². The maximum absolute atomic E-state index is 11.7. The average Bonchev–Trinajstić information content (AvgIpc) is 2.58. The highest BCUT2D eigenvalue weighted by atomic mass is 16.3. The van der Waals surface area contributed by atoms with Crippen molar-refractivity contribution in [3.8, 4) is 23.0 Å². The zero-order valence-corrected chi connectivity index (χ0v) is 13.3. The second-order valence-electron chi connectivity index (χ2n) is 5.56. The molecule has 1 heterocycles. The molecule has 3 aromatic rings. The number of phenols is 4. The molecule has 0 radical (unpaired) electrons. The molecule has 0 saturated heterocycles. The van der Waals surface area contributed by atoms with Crippen LogP contribution in [0.5, 0.6) is 23.0 Å². The standard InChI is InChI=1S/C19H15NO5/c1-10(21)13-6-7-15(22)18-14(13)5-4-12(20-18)3-2-11-8-16(23)19(25)17(24)9-11/h2-9,22-25H,1H3. The van der Waals surface area contributed by atoms with Gasteiger partial charge in [0.05, 0.1) is 5.69 Å². The predicted molar refractivity (Wildman–Crippen MR) is 93.8 cm³/mol. The predicted octanol–water partition coefficient (Wildman–Crippen LogP) is 3.43. The van der Waals surface area contributed by atoms with Gasteiger partial charge in [-0.25, -0.2) is 4.98 Å². The number of aromatic hydroxyl groups is 4. The molecule has 0 unspecified atom stereocenters. The smallest absolute Gasteiger partial charge is 0.200 e. The molecule has 1 aromatic heterocycles. The highest BCUT2D eigenvalue weighted by Crippen LogP contribution is 2.36. The molecular formula is C19H15NO5. The van der Waals surface area contributed by atoms with E-state index < -0.39 is 17.2 Å². The Hall–Kier alpha value is -3.54. The summed E-state index contributed by atoms with van der Waals surface area (Å²) in [6.07, 6.45) is 3.20. The third kappa shape index (κ3) is 3.10. The Morgan fingerprint density at radius 3 is 2.24 bits per heavy atom. The Kier molecular flexibility index (Phi) is 4.02. The van der Waals surface area contributed by atoms with Gasteiger partial charge in [0.15, 0.2) is 23.0 Å². The van der Waals surface area contributed by atoms with E-state index in [4.69, 9.17) is 0 Å². The largest absolute Gasteiger partial charge is 0.506 e. The number of nitrogens with zero attached hydrogens (tertiary/aromatic N) is 1. The van der Waals surface area contributed by atoms with Gasteiger partial charge in [0.25, 0.3) is 0 Å². The summed E-state index contributed by atoms with van der Waals surface area (Å²) in [6.45, 7) is 1.45. The van der Waals surface area contributed by atoms with Crippen LogP contribution < -0.4 is 0 Å². The zero-order valence-electron chi connectivity index (χ0n) is 13.3. The SMILES string of the molecule is CC(=O)c1ccc(O)c2nc(C=Cc3cc(O)c(O)c(O)c3)ccc12. The Labute approximate surface area is 142 Å². The Morgan fingerprint density at radius 1 is 0.920 bits per heavy atom. The zero-order chi connectivity index (χ0) is 18.1. The molecule has 0 amide bonds. The molecule has 0 spiro atoms. The fourth-order valence-corrected chi connectivity index (χ4v) is 2.52. The van der Waals surface area contributed by atoms with Crippen molar-refractivity contribution in [1.82, 2.24) is 4.98 Å². The molecule has 6 heteroatoms. The van der Waals surface area contributed by atoms with Crippen LogP contribution in [-0.2, 0) is 0 Å². The van der Waals surface area contributed by atoms with E-state index >= 15 is 0 Å². The Morgan fingerprint density at radius 2 is 1.60 bits per heavy atom. The molecule has 126 valence electrons. The van der Waals surface area contributed by atoms with Crippen LogP contribution in [0.3, 0.4) is 0 Å². The number of carbonyl (C=O) groups is 1. The highest BCUT2D eigenvalue weighted by Gasteiger charge is 2.10. The number of phenolic OH excluding ortho intramolecular Hbond substituents is 4. The first-order valence-electron chi connectivity index (χ1n) is 7.43. The van der Waals surface area contributed by atoms with Crippen LogP contribution in [0.25, 0.3) is 23.1 Å². The number of pyridine rings is 1. The maximum Gasteiger partial charge on any atom is 0.200 e. The summed E-state index contributed by atoms with van der Waals surface area (Å²) in [5.41, 5.74) is 1.75. The van der Waals surface area contributed by atoms with E-state index in [1.165, 1.54) is 25.1 Å². The molecule has 0 atom stereocenters. The van der Waals surface area contributed by atoms with Gasteiger partial charge in [-0.3, -0.25) is 4.79 Å². The second kappa shape index (κ2) is 6.16. The first-order chi connectivity index (χ1) is 11.9. The van der Waals surface area contributed by atoms with Crippen molar-refractivity contribution in [2.24, 2.45) is 0 Å². The van der Waals surface area contributed by atoms with Crippen molar-refractivity contribution in [1.29, 1.82) is 0 Å². The normalized spacial score (nSPS) is 11.2. The molecular weight excluding hydrogens is 322 g/mol. The summed E-state index contributed by atoms with van der Waals surface area (Å²) in [5.74, 6) is -1.60.